The number of unbranched alkanes of at least 4 members (excludes halogenated alkanes) is 2. The Kier molecular flexibility index (Phi) is 17.8. The molecule has 376 valence electrons. The fourth-order valence-electron chi connectivity index (χ4n) is 9.84. The van der Waals surface area contributed by atoms with E-state index in [1.54, 1.807) is 60.8 Å². The summed E-state index contributed by atoms with van der Waals surface area (Å²) in [5, 5.41) is 32.6. The number of hydrogen-bond acceptors (Lipinski definition) is 12. The molecule has 1 aliphatic heterocycles. The van der Waals surface area contributed by atoms with Crippen LogP contribution in [-0.4, -0.2) is 109 Å². The lowest BCUT2D eigenvalue weighted by Crippen LogP contribution is -2.74. The van der Waals surface area contributed by atoms with Crippen LogP contribution in [0, 0.1) is 34.5 Å². The van der Waals surface area contributed by atoms with E-state index >= 15 is 0 Å². The van der Waals surface area contributed by atoms with Crippen molar-refractivity contribution in [1.82, 2.24) is 31.2 Å². The summed E-state index contributed by atoms with van der Waals surface area (Å²) in [7, 11) is 1.80. The predicted molar refractivity (Wildman–Crippen MR) is 271 cm³/mol. The summed E-state index contributed by atoms with van der Waals surface area (Å²) in [6.07, 6.45) is 1.18. The van der Waals surface area contributed by atoms with Crippen molar-refractivity contribution in [2.24, 2.45) is 16.2 Å². The number of thiazole rings is 1. The van der Waals surface area contributed by atoms with Crippen molar-refractivity contribution in [1.29, 1.82) is 5.26 Å². The number of benzene rings is 3. The van der Waals surface area contributed by atoms with E-state index in [4.69, 9.17) is 25.8 Å². The van der Waals surface area contributed by atoms with Gasteiger partial charge in [0.25, 0.3) is 5.91 Å². The van der Waals surface area contributed by atoms with Crippen LogP contribution in [-0.2, 0) is 19.1 Å². The molecule has 0 unspecified atom stereocenters. The number of β-amino-alcohol motifs (C(OH)–C–C–N with tert-alkyl or cyclic N) is 1. The molecule has 0 spiro atoms. The van der Waals surface area contributed by atoms with Gasteiger partial charge in [-0.1, -0.05) is 84.3 Å². The van der Waals surface area contributed by atoms with Gasteiger partial charge in [0.15, 0.2) is 0 Å². The number of carbonyl (C=O) groups excluding carboxylic acids is 4. The van der Waals surface area contributed by atoms with Crippen LogP contribution in [0.4, 0.5) is 0 Å². The van der Waals surface area contributed by atoms with Crippen LogP contribution >= 0.6 is 22.9 Å². The molecule has 2 heterocycles. The van der Waals surface area contributed by atoms with Gasteiger partial charge in [0.05, 0.1) is 45.4 Å². The molecule has 17 heteroatoms. The van der Waals surface area contributed by atoms with Crippen molar-refractivity contribution < 1.29 is 38.5 Å². The highest BCUT2D eigenvalue weighted by molar-refractivity contribution is 7.13. The number of aromatic nitrogens is 1. The van der Waals surface area contributed by atoms with E-state index in [1.165, 1.54) is 4.90 Å². The molecule has 1 aliphatic carbocycles. The van der Waals surface area contributed by atoms with Crippen molar-refractivity contribution in [3.63, 3.8) is 0 Å². The average molecular weight is 999 g/mol. The first-order valence-corrected chi connectivity index (χ1v) is 25.1. The van der Waals surface area contributed by atoms with Crippen LogP contribution in [0.25, 0.3) is 10.4 Å². The van der Waals surface area contributed by atoms with E-state index in [2.05, 4.69) is 60.0 Å². The lowest BCUT2D eigenvalue weighted by Gasteiger charge is -2.63. The third kappa shape index (κ3) is 12.8. The standard InChI is InChI=1S/C53H68ClN7O8S/c1-32-44(70-31-57-32)34-15-13-33(14-16-34)41(28-56-9)58-47(65)42-25-37(62)29-61(42)48(66)45(51(2,3)4)59-43(63)30-67-23-11-10-12-24-68-38-20-17-35(18-21-38)46(64)60-49-52(5,6)50(53(49,7)8)69-39-22-19-36(27-55)40(54)26-39/h13-22,26,31,37,41-42,45,49-50,56,62H,10-12,23-25,28-30H2,1-9H3,(H,58,65)(H,59,63)(H,60,64)/t37-,41+,42+,45-,49-,50-/m1/s1. The molecule has 0 bridgehead atoms. The Morgan fingerprint density at radius 1 is 0.957 bits per heavy atom. The number of rotatable bonds is 21. The van der Waals surface area contributed by atoms with Gasteiger partial charge in [-0.3, -0.25) is 19.2 Å². The molecule has 4 amide bonds. The zero-order chi connectivity index (χ0) is 51.0. The SMILES string of the molecule is CNC[C@H](NC(=O)[C@@H]1C[C@@H](O)CN1C(=O)[C@@H](NC(=O)COCCCCCOc1ccc(C(=O)N[C@H]2C(C)(C)[C@H](Oc3ccc(C#N)c(Cl)c3)C2(C)C)cc1)C(C)(C)C)c1ccc(-c2scnc2C)cc1. The maximum atomic E-state index is 14.2. The molecule has 4 atom stereocenters. The molecule has 6 rings (SSSR count). The Bertz CT molecular complexity index is 2490. The quantitative estimate of drug-likeness (QED) is 0.0521. The number of ether oxygens (including phenoxy) is 3. The first-order chi connectivity index (χ1) is 33.1. The second-order valence-corrected chi connectivity index (χ2v) is 21.8. The summed E-state index contributed by atoms with van der Waals surface area (Å²) < 4.78 is 18.0. The number of aliphatic hydroxyl groups is 1. The van der Waals surface area contributed by atoms with E-state index in [-0.39, 0.29) is 43.5 Å². The van der Waals surface area contributed by atoms with Gasteiger partial charge < -0.3 is 45.5 Å². The van der Waals surface area contributed by atoms with Gasteiger partial charge in [-0.15, -0.1) is 11.3 Å². The van der Waals surface area contributed by atoms with Crippen molar-refractivity contribution in [2.45, 2.75) is 117 Å². The zero-order valence-corrected chi connectivity index (χ0v) is 43.3. The number of likely N-dealkylation sites (tertiary alicyclic amines) is 1. The van der Waals surface area contributed by atoms with Crippen molar-refractivity contribution in [3.05, 3.63) is 99.6 Å². The summed E-state index contributed by atoms with van der Waals surface area (Å²) in [5.41, 5.74) is 4.09. The number of hydrogen-bond donors (Lipinski definition) is 5. The molecule has 3 aromatic carbocycles. The summed E-state index contributed by atoms with van der Waals surface area (Å²) in [6, 6.07) is 19.6. The first-order valence-electron chi connectivity index (χ1n) is 23.9. The smallest absolute Gasteiger partial charge is 0.251 e. The second kappa shape index (κ2) is 23.1. The number of likely N-dealkylation sites (N-methyl/N-ethyl adjacent to an activating group) is 1. The molecule has 1 aromatic heterocycles. The van der Waals surface area contributed by atoms with Crippen LogP contribution in [0.2, 0.25) is 5.02 Å². The fourth-order valence-corrected chi connectivity index (χ4v) is 10.9. The average Bonchev–Trinajstić information content (AvgIpc) is 3.94. The maximum Gasteiger partial charge on any atom is 0.251 e. The Morgan fingerprint density at radius 3 is 2.24 bits per heavy atom. The highest BCUT2D eigenvalue weighted by Gasteiger charge is 2.64. The van der Waals surface area contributed by atoms with Gasteiger partial charge in [-0.2, -0.15) is 5.26 Å². The third-order valence-electron chi connectivity index (χ3n) is 13.3. The maximum absolute atomic E-state index is 14.2. The highest BCUT2D eigenvalue weighted by Crippen LogP contribution is 2.55. The van der Waals surface area contributed by atoms with Crippen LogP contribution in [0.5, 0.6) is 11.5 Å². The predicted octanol–water partition coefficient (Wildman–Crippen LogP) is 7.39. The molecule has 0 radical (unpaired) electrons. The second-order valence-electron chi connectivity index (χ2n) is 20.6. The van der Waals surface area contributed by atoms with Crippen LogP contribution in [0.3, 0.4) is 0 Å². The summed E-state index contributed by atoms with van der Waals surface area (Å²) in [6.45, 7) is 16.7. The third-order valence-corrected chi connectivity index (χ3v) is 14.6. The van der Waals surface area contributed by atoms with Gasteiger partial charge in [0, 0.05) is 54.6 Å². The zero-order valence-electron chi connectivity index (χ0n) is 41.7. The van der Waals surface area contributed by atoms with Gasteiger partial charge in [0.1, 0.15) is 42.4 Å². The molecule has 4 aromatic rings. The number of aliphatic hydroxyl groups excluding tert-OH is 1. The number of nitrogens with zero attached hydrogens (tertiary/aromatic N) is 3. The minimum Gasteiger partial charge on any atom is -0.494 e. The van der Waals surface area contributed by atoms with E-state index in [0.717, 1.165) is 34.5 Å². The topological polar surface area (TPSA) is 204 Å². The molecule has 15 nitrogen and oxygen atoms in total. The van der Waals surface area contributed by atoms with Crippen molar-refractivity contribution in [3.8, 4) is 28.0 Å². The Hall–Kier alpha value is -5.57. The number of amides is 4. The van der Waals surface area contributed by atoms with Crippen LogP contribution in [0.15, 0.2) is 72.2 Å². The molecule has 2 fully saturated rings. The minimum absolute atomic E-state index is 0.0302. The molecule has 1 saturated heterocycles. The largest absolute Gasteiger partial charge is 0.494 e. The first kappa shape index (κ1) is 53.8. The number of halogens is 1. The molecular formula is C53H68ClN7O8S. The van der Waals surface area contributed by atoms with Crippen molar-refractivity contribution in [2.75, 3.05) is 40.0 Å². The lowest BCUT2D eigenvalue weighted by atomic mass is 9.49. The Morgan fingerprint density at radius 2 is 1.63 bits per heavy atom. The number of aryl methyl sites for hydroxylation is 1. The molecule has 2 aliphatic rings. The molecule has 1 saturated carbocycles. The van der Waals surface area contributed by atoms with Crippen LogP contribution < -0.4 is 30.7 Å². The normalized spacial score (nSPS) is 20.1. The minimum atomic E-state index is -0.974. The number of nitriles is 1. The molecule has 70 heavy (non-hydrogen) atoms. The van der Waals surface area contributed by atoms with Crippen molar-refractivity contribution >= 4 is 46.6 Å². The fraction of sp³-hybridized carbons (Fsp3) is 0.509. The van der Waals surface area contributed by atoms with Crippen LogP contribution in [0.1, 0.15) is 107 Å². The molecule has 5 N–H and O–H groups in total. The monoisotopic (exact) mass is 997 g/mol. The van der Waals surface area contributed by atoms with E-state index in [9.17, 15) is 29.5 Å². The molecular weight excluding hydrogens is 930 g/mol. The summed E-state index contributed by atoms with van der Waals surface area (Å²) >= 11 is 7.81. The number of nitrogens with one attached hydrogen (secondary N) is 4. The van der Waals surface area contributed by atoms with Gasteiger partial charge in [-0.05, 0) is 86.2 Å². The van der Waals surface area contributed by atoms with Gasteiger partial charge >= 0.3 is 0 Å². The Balaban J connectivity index is 0.903. The van der Waals surface area contributed by atoms with E-state index in [1.807, 2.05) is 57.5 Å². The van der Waals surface area contributed by atoms with E-state index < -0.39 is 52.3 Å². The van der Waals surface area contributed by atoms with Gasteiger partial charge in [-0.25, -0.2) is 4.98 Å². The Labute approximate surface area is 421 Å². The van der Waals surface area contributed by atoms with E-state index in [0.29, 0.717) is 53.8 Å². The van der Waals surface area contributed by atoms with Gasteiger partial charge in [0.2, 0.25) is 17.7 Å². The number of carbonyl (C=O) groups is 4. The summed E-state index contributed by atoms with van der Waals surface area (Å²) in [4.78, 5) is 61.4. The lowest BCUT2D eigenvalue weighted by molar-refractivity contribution is -0.164. The summed E-state index contributed by atoms with van der Waals surface area (Å²) in [5.74, 6) is -0.260. The highest BCUT2D eigenvalue weighted by atomic mass is 35.5.